The molecule has 0 spiro atoms. The molecule has 0 aliphatic heterocycles. The minimum Gasteiger partial charge on any atom is -0.480 e. The second-order valence-electron chi connectivity index (χ2n) is 5.70. The summed E-state index contributed by atoms with van der Waals surface area (Å²) in [6, 6.07) is -0.794. The van der Waals surface area contributed by atoms with E-state index in [0.29, 0.717) is 6.54 Å². The Morgan fingerprint density at radius 1 is 1.28 bits per heavy atom. The van der Waals surface area contributed by atoms with Gasteiger partial charge < -0.3 is 15.7 Å². The van der Waals surface area contributed by atoms with Gasteiger partial charge in [0.05, 0.1) is 0 Å². The number of nitrogens with one attached hydrogen (secondary N) is 2. The molecule has 0 heterocycles. The molecule has 0 rings (SSSR count). The first kappa shape index (κ1) is 16.9. The molecule has 0 unspecified atom stereocenters. The predicted octanol–water partition coefficient (Wildman–Crippen LogP) is 1.38. The molecule has 106 valence electrons. The number of rotatable bonds is 7. The summed E-state index contributed by atoms with van der Waals surface area (Å²) < 4.78 is 0. The molecule has 18 heavy (non-hydrogen) atoms. The van der Waals surface area contributed by atoms with Gasteiger partial charge in [-0.25, -0.2) is 4.79 Å². The van der Waals surface area contributed by atoms with Crippen molar-refractivity contribution < 1.29 is 14.7 Å². The zero-order valence-electron chi connectivity index (χ0n) is 12.0. The Morgan fingerprint density at radius 2 is 1.83 bits per heavy atom. The van der Waals surface area contributed by atoms with Gasteiger partial charge in [-0.1, -0.05) is 20.3 Å². The number of amides is 1. The third kappa shape index (κ3) is 7.27. The van der Waals surface area contributed by atoms with E-state index in [1.165, 1.54) is 0 Å². The molecule has 0 aromatic heterocycles. The van der Waals surface area contributed by atoms with Crippen LogP contribution in [0.5, 0.6) is 0 Å². The lowest BCUT2D eigenvalue weighted by Crippen LogP contribution is -2.46. The lowest BCUT2D eigenvalue weighted by molar-refractivity contribution is -0.143. The van der Waals surface area contributed by atoms with E-state index in [9.17, 15) is 9.59 Å². The van der Waals surface area contributed by atoms with Crippen LogP contribution in [-0.4, -0.2) is 35.1 Å². The van der Waals surface area contributed by atoms with Crippen molar-refractivity contribution in [2.45, 2.75) is 59.0 Å². The van der Waals surface area contributed by atoms with Crippen molar-refractivity contribution in [3.05, 3.63) is 0 Å². The number of carboxylic acid groups (broad SMARTS) is 1. The van der Waals surface area contributed by atoms with E-state index < -0.39 is 12.0 Å². The van der Waals surface area contributed by atoms with E-state index in [2.05, 4.69) is 10.6 Å². The normalized spacial score (nSPS) is 14.9. The van der Waals surface area contributed by atoms with Crippen molar-refractivity contribution in [2.75, 3.05) is 6.54 Å². The Bertz CT molecular complexity index is 284. The quantitative estimate of drug-likeness (QED) is 0.644. The van der Waals surface area contributed by atoms with E-state index in [1.54, 1.807) is 0 Å². The summed E-state index contributed by atoms with van der Waals surface area (Å²) in [6.07, 6.45) is 1.01. The molecular weight excluding hydrogens is 232 g/mol. The van der Waals surface area contributed by atoms with Crippen LogP contribution in [-0.2, 0) is 9.59 Å². The molecule has 1 amide bonds. The predicted molar refractivity (Wildman–Crippen MR) is 71.4 cm³/mol. The Labute approximate surface area is 109 Å². The van der Waals surface area contributed by atoms with Gasteiger partial charge in [-0.3, -0.25) is 4.79 Å². The summed E-state index contributed by atoms with van der Waals surface area (Å²) in [6.45, 7) is 10.3. The van der Waals surface area contributed by atoms with Crippen LogP contribution in [0.4, 0.5) is 0 Å². The van der Waals surface area contributed by atoms with Gasteiger partial charge in [0.1, 0.15) is 6.04 Å². The average molecular weight is 258 g/mol. The molecule has 0 aromatic carbocycles. The highest BCUT2D eigenvalue weighted by atomic mass is 16.4. The van der Waals surface area contributed by atoms with Crippen LogP contribution >= 0.6 is 0 Å². The molecule has 2 atom stereocenters. The second kappa shape index (κ2) is 7.36. The van der Waals surface area contributed by atoms with Gasteiger partial charge in [0, 0.05) is 18.5 Å². The van der Waals surface area contributed by atoms with Crippen molar-refractivity contribution >= 4 is 11.9 Å². The molecule has 0 aromatic rings. The molecule has 0 fully saturated rings. The fraction of sp³-hybridized carbons (Fsp3) is 0.846. The van der Waals surface area contributed by atoms with Crippen LogP contribution in [0.2, 0.25) is 0 Å². The zero-order chi connectivity index (χ0) is 14.3. The standard InChI is InChI=1S/C13H26N2O3/c1-6-9(2)11(12(17)18)15-10(16)7-8-14-13(3,4)5/h9,11,14H,6-8H2,1-5H3,(H,15,16)(H,17,18)/t9-,11-/m0/s1. The molecule has 0 radical (unpaired) electrons. The van der Waals surface area contributed by atoms with Gasteiger partial charge in [0.15, 0.2) is 0 Å². The van der Waals surface area contributed by atoms with Crippen molar-refractivity contribution in [1.29, 1.82) is 0 Å². The smallest absolute Gasteiger partial charge is 0.326 e. The highest BCUT2D eigenvalue weighted by Crippen LogP contribution is 2.08. The molecule has 5 heteroatoms. The molecule has 0 aliphatic carbocycles. The number of carbonyl (C=O) groups is 2. The molecule has 0 saturated heterocycles. The Morgan fingerprint density at radius 3 is 2.22 bits per heavy atom. The third-order valence-corrected chi connectivity index (χ3v) is 2.80. The lowest BCUT2D eigenvalue weighted by Gasteiger charge is -2.22. The van der Waals surface area contributed by atoms with E-state index in [0.717, 1.165) is 6.42 Å². The van der Waals surface area contributed by atoms with E-state index in [4.69, 9.17) is 5.11 Å². The SMILES string of the molecule is CC[C@H](C)[C@H](NC(=O)CCNC(C)(C)C)C(=O)O. The van der Waals surface area contributed by atoms with E-state index in [1.807, 2.05) is 34.6 Å². The first-order valence-corrected chi connectivity index (χ1v) is 6.44. The summed E-state index contributed by atoms with van der Waals surface area (Å²) >= 11 is 0. The number of hydrogen-bond donors (Lipinski definition) is 3. The van der Waals surface area contributed by atoms with Gasteiger partial charge in [-0.05, 0) is 26.7 Å². The van der Waals surface area contributed by atoms with E-state index >= 15 is 0 Å². The topological polar surface area (TPSA) is 78.4 Å². The van der Waals surface area contributed by atoms with Gasteiger partial charge in [0.2, 0.25) is 5.91 Å². The summed E-state index contributed by atoms with van der Waals surface area (Å²) in [5, 5.41) is 14.8. The van der Waals surface area contributed by atoms with Gasteiger partial charge in [-0.2, -0.15) is 0 Å². The highest BCUT2D eigenvalue weighted by molar-refractivity contribution is 5.83. The highest BCUT2D eigenvalue weighted by Gasteiger charge is 2.25. The molecule has 3 N–H and O–H groups in total. The van der Waals surface area contributed by atoms with Gasteiger partial charge >= 0.3 is 5.97 Å². The Kier molecular flexibility index (Phi) is 6.91. The van der Waals surface area contributed by atoms with Crippen LogP contribution in [0, 0.1) is 5.92 Å². The summed E-state index contributed by atoms with van der Waals surface area (Å²) in [7, 11) is 0. The summed E-state index contributed by atoms with van der Waals surface area (Å²) in [5.41, 5.74) is -0.0385. The fourth-order valence-corrected chi connectivity index (χ4v) is 1.48. The van der Waals surface area contributed by atoms with Gasteiger partial charge in [-0.15, -0.1) is 0 Å². The van der Waals surface area contributed by atoms with Crippen molar-refractivity contribution in [2.24, 2.45) is 5.92 Å². The maximum absolute atomic E-state index is 11.6. The Hall–Kier alpha value is -1.10. The van der Waals surface area contributed by atoms with Crippen LogP contribution in [0.15, 0.2) is 0 Å². The molecule has 0 bridgehead atoms. The minimum atomic E-state index is -0.971. The number of carbonyl (C=O) groups excluding carboxylic acids is 1. The Balaban J connectivity index is 4.15. The molecular formula is C13H26N2O3. The number of aliphatic carboxylic acids is 1. The van der Waals surface area contributed by atoms with Crippen LogP contribution < -0.4 is 10.6 Å². The third-order valence-electron chi connectivity index (χ3n) is 2.80. The molecule has 5 nitrogen and oxygen atoms in total. The summed E-state index contributed by atoms with van der Waals surface area (Å²) in [4.78, 5) is 22.7. The first-order valence-electron chi connectivity index (χ1n) is 6.44. The maximum atomic E-state index is 11.6. The molecule has 0 aliphatic rings. The molecule has 0 saturated carbocycles. The summed E-state index contributed by atoms with van der Waals surface area (Å²) in [5.74, 6) is -1.26. The van der Waals surface area contributed by atoms with Crippen molar-refractivity contribution in [1.82, 2.24) is 10.6 Å². The van der Waals surface area contributed by atoms with Crippen LogP contribution in [0.1, 0.15) is 47.5 Å². The van der Waals surface area contributed by atoms with Crippen molar-refractivity contribution in [3.63, 3.8) is 0 Å². The van der Waals surface area contributed by atoms with Crippen molar-refractivity contribution in [3.8, 4) is 0 Å². The van der Waals surface area contributed by atoms with Crippen LogP contribution in [0.3, 0.4) is 0 Å². The van der Waals surface area contributed by atoms with Crippen LogP contribution in [0.25, 0.3) is 0 Å². The van der Waals surface area contributed by atoms with E-state index in [-0.39, 0.29) is 23.8 Å². The second-order valence-corrected chi connectivity index (χ2v) is 5.70. The average Bonchev–Trinajstić information content (AvgIpc) is 2.22. The monoisotopic (exact) mass is 258 g/mol. The first-order chi connectivity index (χ1) is 8.17. The number of hydrogen-bond acceptors (Lipinski definition) is 3. The zero-order valence-corrected chi connectivity index (χ0v) is 12.0. The lowest BCUT2D eigenvalue weighted by atomic mass is 9.99. The fourth-order valence-electron chi connectivity index (χ4n) is 1.48. The number of carboxylic acids is 1. The largest absolute Gasteiger partial charge is 0.480 e. The maximum Gasteiger partial charge on any atom is 0.326 e. The minimum absolute atomic E-state index is 0.0385. The van der Waals surface area contributed by atoms with Gasteiger partial charge in [0.25, 0.3) is 0 Å².